The fourth-order valence-corrected chi connectivity index (χ4v) is 5.38. The average molecular weight is 412 g/mol. The van der Waals surface area contributed by atoms with Crippen molar-refractivity contribution in [3.05, 3.63) is 39.5 Å². The minimum atomic E-state index is -0.427. The van der Waals surface area contributed by atoms with Gasteiger partial charge in [0.25, 0.3) is 5.56 Å². The fraction of sp³-hybridized carbons (Fsp3) is 0.409. The molecule has 7 heteroatoms. The SMILES string of the molecule is COC(=O)c1sc2c(c1N=CN(C)C)c1ccccc1c(=O)n2C1CCCCC1. The molecule has 1 saturated carbocycles. The summed E-state index contributed by atoms with van der Waals surface area (Å²) >= 11 is 1.31. The molecule has 0 saturated heterocycles. The van der Waals surface area contributed by atoms with E-state index in [0.717, 1.165) is 41.3 Å². The summed E-state index contributed by atoms with van der Waals surface area (Å²) in [5.41, 5.74) is 0.590. The minimum Gasteiger partial charge on any atom is -0.465 e. The standard InChI is InChI=1S/C22H25N3O3S/c1-24(2)13-23-18-17-15-11-7-8-12-16(15)20(26)25(14-9-5-4-6-10-14)21(17)29-19(18)22(27)28-3/h7-8,11-14H,4-6,9-10H2,1-3H3. The van der Waals surface area contributed by atoms with Crippen molar-refractivity contribution in [2.75, 3.05) is 21.2 Å². The number of nitrogens with zero attached hydrogens (tertiary/aromatic N) is 3. The Hall–Kier alpha value is -2.67. The van der Waals surface area contributed by atoms with Gasteiger partial charge in [-0.25, -0.2) is 9.79 Å². The van der Waals surface area contributed by atoms with Crippen LogP contribution in [0.1, 0.15) is 47.8 Å². The molecule has 0 radical (unpaired) electrons. The lowest BCUT2D eigenvalue weighted by atomic mass is 9.94. The van der Waals surface area contributed by atoms with Crippen LogP contribution in [-0.4, -0.2) is 43.0 Å². The molecular formula is C22H25N3O3S. The van der Waals surface area contributed by atoms with E-state index in [1.165, 1.54) is 24.9 Å². The first-order valence-electron chi connectivity index (χ1n) is 9.91. The highest BCUT2D eigenvalue weighted by Crippen LogP contribution is 2.43. The Morgan fingerprint density at radius 3 is 2.55 bits per heavy atom. The van der Waals surface area contributed by atoms with Crippen molar-refractivity contribution in [2.45, 2.75) is 38.1 Å². The van der Waals surface area contributed by atoms with E-state index in [2.05, 4.69) is 4.99 Å². The largest absolute Gasteiger partial charge is 0.465 e. The molecule has 1 aromatic carbocycles. The number of ether oxygens (including phenoxy) is 1. The van der Waals surface area contributed by atoms with Crippen molar-refractivity contribution < 1.29 is 9.53 Å². The van der Waals surface area contributed by atoms with Crippen molar-refractivity contribution in [1.82, 2.24) is 9.47 Å². The highest BCUT2D eigenvalue weighted by Gasteiger charge is 2.27. The molecule has 29 heavy (non-hydrogen) atoms. The van der Waals surface area contributed by atoms with Crippen LogP contribution in [0, 0.1) is 0 Å². The first-order chi connectivity index (χ1) is 14.0. The van der Waals surface area contributed by atoms with E-state index < -0.39 is 5.97 Å². The van der Waals surface area contributed by atoms with Gasteiger partial charge in [0.15, 0.2) is 0 Å². The molecule has 0 spiro atoms. The van der Waals surface area contributed by atoms with E-state index in [9.17, 15) is 9.59 Å². The van der Waals surface area contributed by atoms with Crippen molar-refractivity contribution in [3.63, 3.8) is 0 Å². The van der Waals surface area contributed by atoms with Crippen molar-refractivity contribution in [2.24, 2.45) is 4.99 Å². The summed E-state index contributed by atoms with van der Waals surface area (Å²) in [5.74, 6) is -0.427. The quantitative estimate of drug-likeness (QED) is 0.354. The Bertz CT molecular complexity index is 1150. The van der Waals surface area contributed by atoms with Crippen LogP contribution in [-0.2, 0) is 4.74 Å². The van der Waals surface area contributed by atoms with Crippen LogP contribution in [0.15, 0.2) is 34.1 Å². The van der Waals surface area contributed by atoms with Crippen LogP contribution in [0.2, 0.25) is 0 Å². The highest BCUT2D eigenvalue weighted by molar-refractivity contribution is 7.21. The van der Waals surface area contributed by atoms with Crippen LogP contribution in [0.4, 0.5) is 5.69 Å². The second kappa shape index (κ2) is 7.99. The van der Waals surface area contributed by atoms with Gasteiger partial charge in [-0.05, 0) is 24.3 Å². The maximum atomic E-state index is 13.5. The van der Waals surface area contributed by atoms with Gasteiger partial charge in [-0.2, -0.15) is 0 Å². The van der Waals surface area contributed by atoms with E-state index in [1.807, 2.05) is 47.8 Å². The van der Waals surface area contributed by atoms with E-state index in [-0.39, 0.29) is 11.6 Å². The molecule has 2 heterocycles. The van der Waals surface area contributed by atoms with E-state index in [1.54, 1.807) is 6.34 Å². The Balaban J connectivity index is 2.13. The first-order valence-corrected chi connectivity index (χ1v) is 10.7. The predicted octanol–water partition coefficient (Wildman–Crippen LogP) is 4.73. The lowest BCUT2D eigenvalue weighted by molar-refractivity contribution is 0.0607. The third-order valence-electron chi connectivity index (χ3n) is 5.46. The van der Waals surface area contributed by atoms with Crippen LogP contribution in [0.3, 0.4) is 0 Å². The van der Waals surface area contributed by atoms with Gasteiger partial charge in [0.05, 0.1) is 13.4 Å². The second-order valence-electron chi connectivity index (χ2n) is 7.67. The van der Waals surface area contributed by atoms with Crippen LogP contribution < -0.4 is 5.56 Å². The zero-order chi connectivity index (χ0) is 20.5. The number of hydrogen-bond donors (Lipinski definition) is 0. The molecule has 4 rings (SSSR count). The Morgan fingerprint density at radius 2 is 1.90 bits per heavy atom. The molecule has 2 aromatic heterocycles. The number of carbonyl (C=O) groups excluding carboxylic acids is 1. The Morgan fingerprint density at radius 1 is 1.21 bits per heavy atom. The molecule has 1 aliphatic rings. The Kier molecular flexibility index (Phi) is 5.41. The maximum Gasteiger partial charge on any atom is 0.350 e. The molecular weight excluding hydrogens is 386 g/mol. The maximum absolute atomic E-state index is 13.5. The molecule has 1 fully saturated rings. The molecule has 6 nitrogen and oxygen atoms in total. The molecule has 0 bridgehead atoms. The van der Waals surface area contributed by atoms with E-state index in [0.29, 0.717) is 16.0 Å². The summed E-state index contributed by atoms with van der Waals surface area (Å²) < 4.78 is 6.96. The number of carbonyl (C=O) groups is 1. The lowest BCUT2D eigenvalue weighted by Crippen LogP contribution is -2.26. The third-order valence-corrected chi connectivity index (χ3v) is 6.62. The zero-order valence-electron chi connectivity index (χ0n) is 17.0. The number of fused-ring (bicyclic) bond motifs is 3. The molecule has 0 amide bonds. The number of benzene rings is 1. The highest BCUT2D eigenvalue weighted by atomic mass is 32.1. The number of esters is 1. The molecule has 152 valence electrons. The van der Waals surface area contributed by atoms with Crippen LogP contribution >= 0.6 is 11.3 Å². The second-order valence-corrected chi connectivity index (χ2v) is 8.67. The summed E-state index contributed by atoms with van der Waals surface area (Å²) in [7, 11) is 5.14. The summed E-state index contributed by atoms with van der Waals surface area (Å²) in [4.78, 5) is 33.7. The summed E-state index contributed by atoms with van der Waals surface area (Å²) in [6.07, 6.45) is 7.08. The van der Waals surface area contributed by atoms with Gasteiger partial charge >= 0.3 is 5.97 Å². The van der Waals surface area contributed by atoms with Crippen LogP contribution in [0.5, 0.6) is 0 Å². The van der Waals surface area contributed by atoms with E-state index in [4.69, 9.17) is 4.74 Å². The van der Waals surface area contributed by atoms with Gasteiger partial charge in [0.2, 0.25) is 0 Å². The molecule has 0 unspecified atom stereocenters. The van der Waals surface area contributed by atoms with Crippen molar-refractivity contribution in [3.8, 4) is 0 Å². The molecule has 3 aromatic rings. The van der Waals surface area contributed by atoms with Gasteiger partial charge in [-0.3, -0.25) is 9.36 Å². The first kappa shape index (κ1) is 19.6. The van der Waals surface area contributed by atoms with Crippen molar-refractivity contribution >= 4 is 50.3 Å². The number of aliphatic imine (C=N–C) groups is 1. The van der Waals surface area contributed by atoms with Gasteiger partial charge < -0.3 is 9.64 Å². The normalized spacial score (nSPS) is 15.4. The molecule has 0 atom stereocenters. The van der Waals surface area contributed by atoms with Gasteiger partial charge in [-0.15, -0.1) is 11.3 Å². The smallest absolute Gasteiger partial charge is 0.350 e. The number of hydrogen-bond acceptors (Lipinski definition) is 5. The summed E-state index contributed by atoms with van der Waals surface area (Å²) in [5, 5.41) is 2.35. The molecule has 0 N–H and O–H groups in total. The Labute approximate surface area is 173 Å². The van der Waals surface area contributed by atoms with Gasteiger partial charge in [0, 0.05) is 30.9 Å². The summed E-state index contributed by atoms with van der Waals surface area (Å²) in [6.45, 7) is 0. The topological polar surface area (TPSA) is 63.9 Å². The average Bonchev–Trinajstić information content (AvgIpc) is 3.12. The van der Waals surface area contributed by atoms with Gasteiger partial charge in [-0.1, -0.05) is 37.5 Å². The lowest BCUT2D eigenvalue weighted by Gasteiger charge is -2.25. The number of pyridine rings is 1. The van der Waals surface area contributed by atoms with Crippen molar-refractivity contribution in [1.29, 1.82) is 0 Å². The van der Waals surface area contributed by atoms with Crippen LogP contribution in [0.25, 0.3) is 21.0 Å². The number of aromatic nitrogens is 1. The third kappa shape index (κ3) is 3.44. The summed E-state index contributed by atoms with van der Waals surface area (Å²) in [6, 6.07) is 7.76. The minimum absolute atomic E-state index is 0.0146. The number of thiophene rings is 1. The number of rotatable bonds is 4. The monoisotopic (exact) mass is 411 g/mol. The fourth-order valence-electron chi connectivity index (χ4n) is 4.13. The zero-order valence-corrected chi connectivity index (χ0v) is 17.8. The van der Waals surface area contributed by atoms with Gasteiger partial charge in [0.1, 0.15) is 15.4 Å². The number of methoxy groups -OCH3 is 1. The molecule has 0 aliphatic heterocycles. The molecule has 1 aliphatic carbocycles. The predicted molar refractivity (Wildman–Crippen MR) is 119 cm³/mol. The van der Waals surface area contributed by atoms with E-state index >= 15 is 0 Å².